The summed E-state index contributed by atoms with van der Waals surface area (Å²) >= 11 is 0. The Bertz CT molecular complexity index is 338. The Balaban J connectivity index is 2.60. The molecule has 0 saturated heterocycles. The van der Waals surface area contributed by atoms with Gasteiger partial charge in [0.25, 0.3) is 0 Å². The van der Waals surface area contributed by atoms with Gasteiger partial charge in [-0.1, -0.05) is 13.0 Å². The molecule has 0 bridgehead atoms. The largest absolute Gasteiger partial charge is 0.488 e. The Kier molecular flexibility index (Phi) is 1.96. The van der Waals surface area contributed by atoms with Gasteiger partial charge in [0.05, 0.1) is 6.04 Å². The maximum Gasteiger partial charge on any atom is 0.165 e. The number of hydrogen-bond acceptors (Lipinski definition) is 2. The van der Waals surface area contributed by atoms with Gasteiger partial charge in [-0.05, 0) is 18.1 Å². The van der Waals surface area contributed by atoms with Gasteiger partial charge in [-0.15, -0.1) is 0 Å². The zero-order valence-corrected chi connectivity index (χ0v) is 7.51. The molecule has 2 N–H and O–H groups in total. The molecule has 1 aliphatic heterocycles. The molecule has 0 aliphatic carbocycles. The van der Waals surface area contributed by atoms with Crippen LogP contribution in [0.5, 0.6) is 5.75 Å². The molecule has 0 fully saturated rings. The van der Waals surface area contributed by atoms with Crippen LogP contribution in [-0.4, -0.2) is 6.61 Å². The highest BCUT2D eigenvalue weighted by atomic mass is 19.1. The molecule has 0 radical (unpaired) electrons. The summed E-state index contributed by atoms with van der Waals surface area (Å²) < 4.78 is 18.4. The number of benzene rings is 1. The summed E-state index contributed by atoms with van der Waals surface area (Å²) in [6.45, 7) is 2.42. The summed E-state index contributed by atoms with van der Waals surface area (Å²) in [5.41, 5.74) is 7.73. The van der Waals surface area contributed by atoms with E-state index in [2.05, 4.69) is 0 Å². The smallest absolute Gasteiger partial charge is 0.165 e. The van der Waals surface area contributed by atoms with Gasteiger partial charge in [-0.25, -0.2) is 4.39 Å². The quantitative estimate of drug-likeness (QED) is 0.716. The first kappa shape index (κ1) is 8.51. The Morgan fingerprint density at radius 2 is 2.38 bits per heavy atom. The lowest BCUT2D eigenvalue weighted by atomic mass is 10.00. The predicted octanol–water partition coefficient (Wildman–Crippen LogP) is 1.78. The molecule has 1 aromatic rings. The lowest BCUT2D eigenvalue weighted by Crippen LogP contribution is -2.12. The molecule has 2 nitrogen and oxygen atoms in total. The second-order valence-electron chi connectivity index (χ2n) is 3.22. The van der Waals surface area contributed by atoms with Crippen molar-refractivity contribution in [3.63, 3.8) is 0 Å². The lowest BCUT2D eigenvalue weighted by molar-refractivity contribution is 0.319. The molecule has 70 valence electrons. The van der Waals surface area contributed by atoms with E-state index in [1.807, 2.05) is 6.92 Å². The zero-order valence-electron chi connectivity index (χ0n) is 7.51. The Labute approximate surface area is 76.5 Å². The molecule has 1 aromatic carbocycles. The first-order valence-corrected chi connectivity index (χ1v) is 4.43. The highest BCUT2D eigenvalue weighted by molar-refractivity contribution is 5.46. The van der Waals surface area contributed by atoms with Gasteiger partial charge in [0.1, 0.15) is 6.61 Å². The van der Waals surface area contributed by atoms with Gasteiger partial charge >= 0.3 is 0 Å². The molecule has 1 unspecified atom stereocenters. The summed E-state index contributed by atoms with van der Waals surface area (Å²) in [4.78, 5) is 0. The number of fused-ring (bicyclic) bond motifs is 1. The number of hydrogen-bond donors (Lipinski definition) is 1. The molecule has 13 heavy (non-hydrogen) atoms. The van der Waals surface area contributed by atoms with Crippen LogP contribution in [0.4, 0.5) is 4.39 Å². The van der Waals surface area contributed by atoms with Gasteiger partial charge < -0.3 is 10.5 Å². The van der Waals surface area contributed by atoms with E-state index in [1.54, 1.807) is 6.07 Å². The van der Waals surface area contributed by atoms with Crippen LogP contribution < -0.4 is 10.5 Å². The molecule has 1 heterocycles. The van der Waals surface area contributed by atoms with E-state index in [-0.39, 0.29) is 11.9 Å². The average Bonchev–Trinajstić information content (AvgIpc) is 2.51. The summed E-state index contributed by atoms with van der Waals surface area (Å²) in [6.07, 6.45) is 0.861. The number of aryl methyl sites for hydroxylation is 1. The van der Waals surface area contributed by atoms with E-state index in [1.165, 1.54) is 6.07 Å². The zero-order chi connectivity index (χ0) is 9.42. The summed E-state index contributed by atoms with van der Waals surface area (Å²) in [7, 11) is 0. The summed E-state index contributed by atoms with van der Waals surface area (Å²) in [5.74, 6) is 0.0481. The first-order chi connectivity index (χ1) is 6.24. The molecule has 2 rings (SSSR count). The third-order valence-electron chi connectivity index (χ3n) is 2.40. The molecule has 0 amide bonds. The first-order valence-electron chi connectivity index (χ1n) is 4.43. The van der Waals surface area contributed by atoms with E-state index < -0.39 is 0 Å². The van der Waals surface area contributed by atoms with Crippen LogP contribution >= 0.6 is 0 Å². The van der Waals surface area contributed by atoms with Gasteiger partial charge in [0.2, 0.25) is 0 Å². The highest BCUT2D eigenvalue weighted by Gasteiger charge is 2.26. The van der Waals surface area contributed by atoms with Crippen LogP contribution in [0.1, 0.15) is 24.1 Å². The fourth-order valence-corrected chi connectivity index (χ4v) is 1.73. The maximum atomic E-state index is 13.2. The van der Waals surface area contributed by atoms with E-state index >= 15 is 0 Å². The topological polar surface area (TPSA) is 35.2 Å². The van der Waals surface area contributed by atoms with Crippen molar-refractivity contribution in [3.8, 4) is 5.75 Å². The van der Waals surface area contributed by atoms with Crippen LogP contribution in [-0.2, 0) is 6.42 Å². The monoisotopic (exact) mass is 181 g/mol. The van der Waals surface area contributed by atoms with Crippen molar-refractivity contribution >= 4 is 0 Å². The van der Waals surface area contributed by atoms with Gasteiger partial charge in [0.15, 0.2) is 11.6 Å². The van der Waals surface area contributed by atoms with Crippen LogP contribution in [0, 0.1) is 5.82 Å². The minimum Gasteiger partial charge on any atom is -0.488 e. The number of ether oxygens (including phenoxy) is 1. The van der Waals surface area contributed by atoms with Crippen LogP contribution in [0.15, 0.2) is 12.1 Å². The molecule has 1 aliphatic rings. The highest BCUT2D eigenvalue weighted by Crippen LogP contribution is 2.36. The van der Waals surface area contributed by atoms with Crippen molar-refractivity contribution < 1.29 is 9.13 Å². The number of nitrogens with two attached hydrogens (primary N) is 1. The minimum absolute atomic E-state index is 0.166. The van der Waals surface area contributed by atoms with Gasteiger partial charge in [0, 0.05) is 5.56 Å². The molecular weight excluding hydrogens is 169 g/mol. The van der Waals surface area contributed by atoms with Crippen molar-refractivity contribution in [2.75, 3.05) is 6.61 Å². The van der Waals surface area contributed by atoms with E-state index in [4.69, 9.17) is 10.5 Å². The summed E-state index contributed by atoms with van der Waals surface area (Å²) in [6, 6.07) is 3.05. The predicted molar refractivity (Wildman–Crippen MR) is 48.2 cm³/mol. The van der Waals surface area contributed by atoms with E-state index in [0.717, 1.165) is 17.5 Å². The molecule has 1 atom stereocenters. The second kappa shape index (κ2) is 3.00. The van der Waals surface area contributed by atoms with Crippen LogP contribution in [0.2, 0.25) is 0 Å². The minimum atomic E-state index is -0.305. The number of halogens is 1. The Morgan fingerprint density at radius 3 is 3.08 bits per heavy atom. The standard InChI is InChI=1S/C10H12FNO/c1-2-6-3-4-7(11)10-9(6)8(12)5-13-10/h3-4,8H,2,5,12H2,1H3. The summed E-state index contributed by atoms with van der Waals surface area (Å²) in [5, 5.41) is 0. The molecule has 0 aromatic heterocycles. The van der Waals surface area contributed by atoms with Crippen LogP contribution in [0.3, 0.4) is 0 Å². The van der Waals surface area contributed by atoms with Gasteiger partial charge in [-0.2, -0.15) is 0 Å². The van der Waals surface area contributed by atoms with Gasteiger partial charge in [-0.3, -0.25) is 0 Å². The lowest BCUT2D eigenvalue weighted by Gasteiger charge is -2.07. The third kappa shape index (κ3) is 1.20. The Hall–Kier alpha value is -1.09. The fourth-order valence-electron chi connectivity index (χ4n) is 1.73. The molecule has 0 saturated carbocycles. The Morgan fingerprint density at radius 1 is 1.62 bits per heavy atom. The number of rotatable bonds is 1. The van der Waals surface area contributed by atoms with Crippen molar-refractivity contribution in [2.24, 2.45) is 5.73 Å². The third-order valence-corrected chi connectivity index (χ3v) is 2.40. The molecule has 3 heteroatoms. The van der Waals surface area contributed by atoms with Crippen molar-refractivity contribution in [2.45, 2.75) is 19.4 Å². The molecule has 0 spiro atoms. The molecular formula is C10H12FNO. The van der Waals surface area contributed by atoms with E-state index in [9.17, 15) is 4.39 Å². The van der Waals surface area contributed by atoms with Crippen molar-refractivity contribution in [3.05, 3.63) is 29.1 Å². The average molecular weight is 181 g/mol. The second-order valence-corrected chi connectivity index (χ2v) is 3.22. The normalized spacial score (nSPS) is 19.8. The van der Waals surface area contributed by atoms with E-state index in [0.29, 0.717) is 12.4 Å². The SMILES string of the molecule is CCc1ccc(F)c2c1C(N)CO2. The van der Waals surface area contributed by atoms with Crippen LogP contribution in [0.25, 0.3) is 0 Å². The maximum absolute atomic E-state index is 13.2. The van der Waals surface area contributed by atoms with Crippen molar-refractivity contribution in [1.29, 1.82) is 0 Å². The fraction of sp³-hybridized carbons (Fsp3) is 0.400. The van der Waals surface area contributed by atoms with Crippen molar-refractivity contribution in [1.82, 2.24) is 0 Å².